The number of aromatic nitrogens is 2. The molecule has 0 atom stereocenters. The van der Waals surface area contributed by atoms with Gasteiger partial charge in [0.05, 0.1) is 5.02 Å². The van der Waals surface area contributed by atoms with Crippen LogP contribution in [0, 0.1) is 0 Å². The molecule has 0 aliphatic heterocycles. The van der Waals surface area contributed by atoms with Crippen LogP contribution in [-0.4, -0.2) is 9.97 Å². The predicted octanol–water partition coefficient (Wildman–Crippen LogP) is 3.00. The van der Waals surface area contributed by atoms with Crippen molar-refractivity contribution in [3.63, 3.8) is 0 Å². The Morgan fingerprint density at radius 1 is 1.46 bits per heavy atom. The van der Waals surface area contributed by atoms with Gasteiger partial charge < -0.3 is 4.42 Å². The van der Waals surface area contributed by atoms with Crippen molar-refractivity contribution in [1.29, 1.82) is 0 Å². The van der Waals surface area contributed by atoms with E-state index in [1.54, 1.807) is 12.3 Å². The molecule has 0 amide bonds. The van der Waals surface area contributed by atoms with Crippen LogP contribution in [0.1, 0.15) is 25.7 Å². The molecule has 0 radical (unpaired) electrons. The van der Waals surface area contributed by atoms with Crippen LogP contribution in [0.3, 0.4) is 0 Å². The minimum Gasteiger partial charge on any atom is -0.439 e. The van der Waals surface area contributed by atoms with E-state index >= 15 is 0 Å². The molecule has 2 aromatic rings. The molecule has 4 heteroatoms. The number of halogens is 1. The molecule has 3 nitrogen and oxygen atoms in total. The maximum absolute atomic E-state index is 5.76. The lowest BCUT2D eigenvalue weighted by atomic mass is 10.2. The van der Waals surface area contributed by atoms with Gasteiger partial charge in [0.15, 0.2) is 17.1 Å². The van der Waals surface area contributed by atoms with Crippen molar-refractivity contribution < 1.29 is 4.42 Å². The highest BCUT2D eigenvalue weighted by Gasteiger charge is 2.09. The number of hydrogen-bond acceptors (Lipinski definition) is 3. The number of rotatable bonds is 1. The molecule has 0 saturated heterocycles. The highest BCUT2D eigenvalue weighted by molar-refractivity contribution is 6.30. The van der Waals surface area contributed by atoms with Crippen molar-refractivity contribution >= 4 is 22.8 Å². The van der Waals surface area contributed by atoms with Gasteiger partial charge in [-0.2, -0.15) is 4.98 Å². The average Bonchev–Trinajstić information content (AvgIpc) is 2.46. The van der Waals surface area contributed by atoms with E-state index < -0.39 is 0 Å². The van der Waals surface area contributed by atoms with Crippen LogP contribution in [0.25, 0.3) is 11.2 Å². The summed E-state index contributed by atoms with van der Waals surface area (Å²) < 4.78 is 5.45. The van der Waals surface area contributed by atoms with E-state index in [2.05, 4.69) is 9.97 Å². The summed E-state index contributed by atoms with van der Waals surface area (Å²) in [5.41, 5.74) is 1.27. The van der Waals surface area contributed by atoms with Crippen molar-refractivity contribution in [1.82, 2.24) is 9.97 Å². The van der Waals surface area contributed by atoms with Gasteiger partial charge in [0.2, 0.25) is 0 Å². The molecule has 2 heterocycles. The van der Waals surface area contributed by atoms with Crippen LogP contribution in [0.4, 0.5) is 0 Å². The third-order valence-corrected chi connectivity index (χ3v) is 1.93. The molecule has 0 saturated carbocycles. The largest absolute Gasteiger partial charge is 0.439 e. The van der Waals surface area contributed by atoms with Crippen molar-refractivity contribution in [2.24, 2.45) is 0 Å². The summed E-state index contributed by atoms with van der Waals surface area (Å²) in [6, 6.07) is 1.72. The van der Waals surface area contributed by atoms with Crippen molar-refractivity contribution in [2.75, 3.05) is 0 Å². The molecular weight excluding hydrogens is 188 g/mol. The second-order valence-electron chi connectivity index (χ2n) is 3.18. The molecule has 2 rings (SSSR count). The zero-order valence-corrected chi connectivity index (χ0v) is 8.17. The summed E-state index contributed by atoms with van der Waals surface area (Å²) in [4.78, 5) is 8.26. The molecule has 0 aliphatic rings. The lowest BCUT2D eigenvalue weighted by Gasteiger charge is -1.93. The van der Waals surface area contributed by atoms with E-state index in [-0.39, 0.29) is 5.92 Å². The van der Waals surface area contributed by atoms with Gasteiger partial charge in [-0.1, -0.05) is 25.4 Å². The van der Waals surface area contributed by atoms with Gasteiger partial charge in [0.1, 0.15) is 0 Å². The molecule has 68 valence electrons. The molecule has 0 bridgehead atoms. The fourth-order valence-corrected chi connectivity index (χ4v) is 1.21. The highest BCUT2D eigenvalue weighted by atomic mass is 35.5. The van der Waals surface area contributed by atoms with E-state index in [0.717, 1.165) is 0 Å². The smallest absolute Gasteiger partial charge is 0.199 e. The zero-order valence-electron chi connectivity index (χ0n) is 7.41. The maximum atomic E-state index is 5.76. The summed E-state index contributed by atoms with van der Waals surface area (Å²) >= 11 is 5.76. The van der Waals surface area contributed by atoms with E-state index in [9.17, 15) is 0 Å². The summed E-state index contributed by atoms with van der Waals surface area (Å²) in [5.74, 6) is 0.970. The Kier molecular flexibility index (Phi) is 1.96. The Balaban J connectivity index is 2.62. The van der Waals surface area contributed by atoms with E-state index in [0.29, 0.717) is 22.1 Å². The van der Waals surface area contributed by atoms with Crippen LogP contribution in [-0.2, 0) is 0 Å². The Labute approximate surface area is 80.7 Å². The predicted molar refractivity (Wildman–Crippen MR) is 50.9 cm³/mol. The van der Waals surface area contributed by atoms with Gasteiger partial charge in [0, 0.05) is 18.2 Å². The van der Waals surface area contributed by atoms with Crippen LogP contribution in [0.5, 0.6) is 0 Å². The number of fused-ring (bicyclic) bond motifs is 1. The standard InChI is InChI=1S/C9H9ClN2O/c1-5(2)9-12-8-7(13-9)3-6(10)4-11-8/h3-5H,1-2H3. The number of pyridine rings is 1. The van der Waals surface area contributed by atoms with Crippen LogP contribution in [0.15, 0.2) is 16.7 Å². The second kappa shape index (κ2) is 3.00. The third kappa shape index (κ3) is 1.52. The summed E-state index contributed by atoms with van der Waals surface area (Å²) in [7, 11) is 0. The normalized spacial score (nSPS) is 11.4. The SMILES string of the molecule is CC(C)c1nc2ncc(Cl)cc2o1. The Hall–Kier alpha value is -1.09. The van der Waals surface area contributed by atoms with Gasteiger partial charge in [-0.25, -0.2) is 4.98 Å². The Morgan fingerprint density at radius 2 is 2.23 bits per heavy atom. The summed E-state index contributed by atoms with van der Waals surface area (Å²) in [5, 5.41) is 0.568. The van der Waals surface area contributed by atoms with Crippen molar-refractivity contribution in [3.8, 4) is 0 Å². The Bertz CT molecular complexity index is 436. The minimum atomic E-state index is 0.271. The summed E-state index contributed by atoms with van der Waals surface area (Å²) in [6.07, 6.45) is 1.57. The first kappa shape index (κ1) is 8.51. The molecule has 13 heavy (non-hydrogen) atoms. The van der Waals surface area contributed by atoms with Gasteiger partial charge in [-0.3, -0.25) is 0 Å². The lowest BCUT2D eigenvalue weighted by molar-refractivity contribution is 0.501. The molecule has 0 spiro atoms. The molecule has 0 aromatic carbocycles. The van der Waals surface area contributed by atoms with Crippen LogP contribution >= 0.6 is 11.6 Å². The zero-order chi connectivity index (χ0) is 9.42. The quantitative estimate of drug-likeness (QED) is 0.704. The third-order valence-electron chi connectivity index (χ3n) is 1.72. The fourth-order valence-electron chi connectivity index (χ4n) is 1.06. The first-order chi connectivity index (χ1) is 6.16. The maximum Gasteiger partial charge on any atom is 0.199 e. The van der Waals surface area contributed by atoms with E-state index in [4.69, 9.17) is 16.0 Å². The van der Waals surface area contributed by atoms with Crippen molar-refractivity contribution in [2.45, 2.75) is 19.8 Å². The van der Waals surface area contributed by atoms with E-state index in [1.807, 2.05) is 13.8 Å². The van der Waals surface area contributed by atoms with Crippen molar-refractivity contribution in [3.05, 3.63) is 23.2 Å². The van der Waals surface area contributed by atoms with Gasteiger partial charge in [0.25, 0.3) is 0 Å². The average molecular weight is 197 g/mol. The van der Waals surface area contributed by atoms with Crippen LogP contribution < -0.4 is 0 Å². The van der Waals surface area contributed by atoms with Gasteiger partial charge in [-0.15, -0.1) is 0 Å². The van der Waals surface area contributed by atoms with Gasteiger partial charge >= 0.3 is 0 Å². The van der Waals surface area contributed by atoms with Crippen LogP contribution in [0.2, 0.25) is 5.02 Å². The lowest BCUT2D eigenvalue weighted by Crippen LogP contribution is -1.85. The van der Waals surface area contributed by atoms with Gasteiger partial charge in [-0.05, 0) is 0 Å². The first-order valence-electron chi connectivity index (χ1n) is 4.09. The molecule has 0 unspecified atom stereocenters. The number of hydrogen-bond donors (Lipinski definition) is 0. The number of nitrogens with zero attached hydrogens (tertiary/aromatic N) is 2. The minimum absolute atomic E-state index is 0.271. The summed E-state index contributed by atoms with van der Waals surface area (Å²) in [6.45, 7) is 4.04. The second-order valence-corrected chi connectivity index (χ2v) is 3.62. The molecule has 0 aliphatic carbocycles. The van der Waals surface area contributed by atoms with E-state index in [1.165, 1.54) is 0 Å². The first-order valence-corrected chi connectivity index (χ1v) is 4.46. The topological polar surface area (TPSA) is 38.9 Å². The molecular formula is C9H9ClN2O. The Morgan fingerprint density at radius 3 is 2.92 bits per heavy atom. The molecule has 0 N–H and O–H groups in total. The molecule has 0 fully saturated rings. The highest BCUT2D eigenvalue weighted by Crippen LogP contribution is 2.21. The fraction of sp³-hybridized carbons (Fsp3) is 0.333. The molecule has 2 aromatic heterocycles. The monoisotopic (exact) mass is 196 g/mol. The number of oxazole rings is 1.